The van der Waals surface area contributed by atoms with Crippen LogP contribution in [-0.2, 0) is 4.79 Å². The van der Waals surface area contributed by atoms with Gasteiger partial charge in [-0.25, -0.2) is 4.39 Å². The number of hydrogen-bond acceptors (Lipinski definition) is 4. The van der Waals surface area contributed by atoms with E-state index in [9.17, 15) is 19.3 Å². The van der Waals surface area contributed by atoms with Crippen molar-refractivity contribution in [1.82, 2.24) is 0 Å². The maximum absolute atomic E-state index is 13.3. The molecule has 1 atom stereocenters. The Bertz CT molecular complexity index is 520. The second-order valence-electron chi connectivity index (χ2n) is 5.44. The molecular weight excluding hydrogens is 277 g/mol. The molecule has 0 aliphatic rings. The quantitative estimate of drug-likeness (QED) is 0.597. The number of rotatable bonds is 7. The summed E-state index contributed by atoms with van der Waals surface area (Å²) in [4.78, 5) is 21.8. The number of nitrogens with two attached hydrogens (primary N) is 1. The third-order valence-electron chi connectivity index (χ3n) is 2.99. The standard InChI is InChI=1S/C14H20FN3O3/c1-9(2)3-10(8-16)4-14(19)17-12-5-11(15)6-13(7-12)18(20)21/h5-7,9-10H,3-4,8,16H2,1-2H3,(H,17,19)/t10-/m0/s1. The first-order valence-electron chi connectivity index (χ1n) is 6.76. The molecule has 1 amide bonds. The van der Waals surface area contributed by atoms with Crippen molar-refractivity contribution in [2.45, 2.75) is 26.7 Å². The van der Waals surface area contributed by atoms with Crippen molar-refractivity contribution in [1.29, 1.82) is 0 Å². The first kappa shape index (κ1) is 17.0. The Hall–Kier alpha value is -2.02. The number of anilines is 1. The lowest BCUT2D eigenvalue weighted by Gasteiger charge is -2.16. The molecule has 0 saturated heterocycles. The monoisotopic (exact) mass is 297 g/mol. The zero-order valence-electron chi connectivity index (χ0n) is 12.1. The second-order valence-corrected chi connectivity index (χ2v) is 5.44. The summed E-state index contributed by atoms with van der Waals surface area (Å²) in [6.07, 6.45) is 1.02. The normalized spacial score (nSPS) is 12.2. The number of non-ortho nitro benzene ring substituents is 1. The Kier molecular flexibility index (Phi) is 6.23. The van der Waals surface area contributed by atoms with Crippen LogP contribution in [0.5, 0.6) is 0 Å². The first-order chi connectivity index (χ1) is 9.81. The van der Waals surface area contributed by atoms with Crippen LogP contribution in [0.4, 0.5) is 15.8 Å². The summed E-state index contributed by atoms with van der Waals surface area (Å²) < 4.78 is 13.3. The molecule has 0 fully saturated rings. The van der Waals surface area contributed by atoms with E-state index in [2.05, 4.69) is 5.32 Å². The van der Waals surface area contributed by atoms with Gasteiger partial charge in [0.25, 0.3) is 5.69 Å². The fraction of sp³-hybridized carbons (Fsp3) is 0.500. The number of hydrogen-bond donors (Lipinski definition) is 2. The maximum Gasteiger partial charge on any atom is 0.274 e. The minimum atomic E-state index is -0.767. The number of nitro benzene ring substituents is 1. The van der Waals surface area contributed by atoms with Gasteiger partial charge in [0.2, 0.25) is 5.91 Å². The van der Waals surface area contributed by atoms with Crippen LogP contribution in [0.3, 0.4) is 0 Å². The van der Waals surface area contributed by atoms with Crippen LogP contribution in [-0.4, -0.2) is 17.4 Å². The minimum absolute atomic E-state index is 0.0357. The van der Waals surface area contributed by atoms with Gasteiger partial charge in [0, 0.05) is 12.5 Å². The molecule has 3 N–H and O–H groups in total. The summed E-state index contributed by atoms with van der Waals surface area (Å²) in [5.41, 5.74) is 5.30. The largest absolute Gasteiger partial charge is 0.330 e. The van der Waals surface area contributed by atoms with Crippen molar-refractivity contribution < 1.29 is 14.1 Å². The molecule has 0 radical (unpaired) electrons. The summed E-state index contributed by atoms with van der Waals surface area (Å²) in [6.45, 7) is 4.46. The van der Waals surface area contributed by atoms with Gasteiger partial charge in [0.15, 0.2) is 0 Å². The van der Waals surface area contributed by atoms with Crippen molar-refractivity contribution in [2.75, 3.05) is 11.9 Å². The van der Waals surface area contributed by atoms with Crippen LogP contribution in [0.1, 0.15) is 26.7 Å². The van der Waals surface area contributed by atoms with Gasteiger partial charge in [-0.05, 0) is 30.9 Å². The molecule has 0 heterocycles. The van der Waals surface area contributed by atoms with Gasteiger partial charge in [-0.1, -0.05) is 13.8 Å². The molecule has 0 aromatic heterocycles. The molecule has 1 aromatic carbocycles. The van der Waals surface area contributed by atoms with Crippen molar-refractivity contribution in [2.24, 2.45) is 17.6 Å². The van der Waals surface area contributed by atoms with Crippen LogP contribution in [0.2, 0.25) is 0 Å². The highest BCUT2D eigenvalue weighted by molar-refractivity contribution is 5.91. The smallest absolute Gasteiger partial charge is 0.274 e. The Labute approximate surface area is 122 Å². The lowest BCUT2D eigenvalue weighted by molar-refractivity contribution is -0.385. The molecule has 0 bridgehead atoms. The van der Waals surface area contributed by atoms with Crippen molar-refractivity contribution in [3.8, 4) is 0 Å². The van der Waals surface area contributed by atoms with E-state index in [-0.39, 0.29) is 23.9 Å². The highest BCUT2D eigenvalue weighted by atomic mass is 19.1. The highest BCUT2D eigenvalue weighted by Crippen LogP contribution is 2.21. The van der Waals surface area contributed by atoms with Crippen LogP contribution >= 0.6 is 0 Å². The lowest BCUT2D eigenvalue weighted by atomic mass is 9.94. The van der Waals surface area contributed by atoms with Gasteiger partial charge in [0.1, 0.15) is 5.82 Å². The predicted octanol–water partition coefficient (Wildman–Crippen LogP) is 2.68. The molecule has 0 aliphatic carbocycles. The Morgan fingerprint density at radius 2 is 2.10 bits per heavy atom. The van der Waals surface area contributed by atoms with Crippen molar-refractivity contribution in [3.63, 3.8) is 0 Å². The molecule has 21 heavy (non-hydrogen) atoms. The van der Waals surface area contributed by atoms with Gasteiger partial charge in [0.05, 0.1) is 16.7 Å². The van der Waals surface area contributed by atoms with Crippen molar-refractivity contribution >= 4 is 17.3 Å². The van der Waals surface area contributed by atoms with E-state index >= 15 is 0 Å². The van der Waals surface area contributed by atoms with E-state index in [4.69, 9.17) is 5.73 Å². The van der Waals surface area contributed by atoms with E-state index < -0.39 is 16.4 Å². The third-order valence-corrected chi connectivity index (χ3v) is 2.99. The first-order valence-corrected chi connectivity index (χ1v) is 6.76. The minimum Gasteiger partial charge on any atom is -0.330 e. The molecule has 1 aromatic rings. The number of carbonyl (C=O) groups excluding carboxylic acids is 1. The molecule has 0 unspecified atom stereocenters. The second kappa shape index (κ2) is 7.68. The third kappa shape index (κ3) is 5.86. The summed E-state index contributed by atoms with van der Waals surface area (Å²) in [6, 6.07) is 2.97. The lowest BCUT2D eigenvalue weighted by Crippen LogP contribution is -2.23. The van der Waals surface area contributed by atoms with E-state index in [1.54, 1.807) is 0 Å². The number of amides is 1. The topological polar surface area (TPSA) is 98.3 Å². The van der Waals surface area contributed by atoms with Gasteiger partial charge >= 0.3 is 0 Å². The summed E-state index contributed by atoms with van der Waals surface area (Å²) in [7, 11) is 0. The zero-order valence-corrected chi connectivity index (χ0v) is 12.1. The SMILES string of the molecule is CC(C)C[C@H](CN)CC(=O)Nc1cc(F)cc([N+](=O)[O-])c1. The molecule has 0 spiro atoms. The Morgan fingerprint density at radius 1 is 1.43 bits per heavy atom. The van der Waals surface area contributed by atoms with Crippen LogP contribution < -0.4 is 11.1 Å². The molecule has 1 rings (SSSR count). The molecule has 7 heteroatoms. The van der Waals surface area contributed by atoms with E-state index in [0.717, 1.165) is 24.6 Å². The van der Waals surface area contributed by atoms with Gasteiger partial charge in [-0.2, -0.15) is 0 Å². The number of halogens is 1. The number of nitro groups is 1. The molecular formula is C14H20FN3O3. The summed E-state index contributed by atoms with van der Waals surface area (Å²) >= 11 is 0. The number of benzene rings is 1. The van der Waals surface area contributed by atoms with Crippen molar-refractivity contribution in [3.05, 3.63) is 34.1 Å². The van der Waals surface area contributed by atoms with Gasteiger partial charge in [-0.3, -0.25) is 14.9 Å². The predicted molar refractivity (Wildman–Crippen MR) is 78.3 cm³/mol. The van der Waals surface area contributed by atoms with Gasteiger partial charge in [-0.15, -0.1) is 0 Å². The number of nitrogens with one attached hydrogen (secondary N) is 1. The van der Waals surface area contributed by atoms with Gasteiger partial charge < -0.3 is 11.1 Å². The molecule has 6 nitrogen and oxygen atoms in total. The summed E-state index contributed by atoms with van der Waals surface area (Å²) in [5, 5.41) is 13.1. The van der Waals surface area contributed by atoms with E-state index in [1.807, 2.05) is 13.8 Å². The molecule has 0 saturated carbocycles. The fourth-order valence-electron chi connectivity index (χ4n) is 2.16. The van der Waals surface area contributed by atoms with E-state index in [1.165, 1.54) is 0 Å². The van der Waals surface area contributed by atoms with Crippen LogP contribution in [0.25, 0.3) is 0 Å². The van der Waals surface area contributed by atoms with Crippen LogP contribution in [0.15, 0.2) is 18.2 Å². The number of nitrogens with zero attached hydrogens (tertiary/aromatic N) is 1. The molecule has 0 aliphatic heterocycles. The Balaban J connectivity index is 2.72. The highest BCUT2D eigenvalue weighted by Gasteiger charge is 2.16. The zero-order chi connectivity index (χ0) is 16.0. The van der Waals surface area contributed by atoms with E-state index in [0.29, 0.717) is 12.5 Å². The maximum atomic E-state index is 13.3. The molecule has 116 valence electrons. The summed E-state index contributed by atoms with van der Waals surface area (Å²) in [5.74, 6) is -0.641. The fourth-order valence-corrected chi connectivity index (χ4v) is 2.16. The average molecular weight is 297 g/mol. The van der Waals surface area contributed by atoms with Crippen LogP contribution in [0, 0.1) is 27.8 Å². The number of carbonyl (C=O) groups is 1. The Morgan fingerprint density at radius 3 is 2.62 bits per heavy atom. The average Bonchev–Trinajstić information content (AvgIpc) is 2.36.